The first-order valence-electron chi connectivity index (χ1n) is 32.5. The number of hydrogen-bond acceptors (Lipinski definition) is 17. The summed E-state index contributed by atoms with van der Waals surface area (Å²) >= 11 is 2.00. The zero-order chi connectivity index (χ0) is 74.2. The average Bonchev–Trinajstić information content (AvgIpc) is 0.709. The van der Waals surface area contributed by atoms with Crippen molar-refractivity contribution in [3.05, 3.63) is 369 Å². The second-order valence-corrected chi connectivity index (χ2v) is 22.6. The summed E-state index contributed by atoms with van der Waals surface area (Å²) in [6.45, 7) is 4.81. The van der Waals surface area contributed by atoms with Crippen LogP contribution in [0, 0.1) is 14.9 Å². The molecule has 18 nitrogen and oxygen atoms in total. The first kappa shape index (κ1) is 99.3. The molecular weight excluding hydrogens is 1430 g/mol. The number of carbonyl (C=O) groups is 5. The molecule has 1 aliphatic heterocycles. The normalized spacial score (nSPS) is 12.5. The Labute approximate surface area is 650 Å². The van der Waals surface area contributed by atoms with Gasteiger partial charge in [0.15, 0.2) is 11.6 Å². The van der Waals surface area contributed by atoms with Crippen molar-refractivity contribution < 1.29 is 95.8 Å². The number of nitrogens with two attached hydrogens (primary N) is 5. The van der Waals surface area contributed by atoms with Crippen molar-refractivity contribution in [2.24, 2.45) is 28.7 Å². The zero-order valence-corrected chi connectivity index (χ0v) is 63.0. The van der Waals surface area contributed by atoms with Gasteiger partial charge in [0, 0.05) is 50.4 Å². The van der Waals surface area contributed by atoms with Gasteiger partial charge in [0.1, 0.15) is 11.6 Å². The van der Waals surface area contributed by atoms with Crippen molar-refractivity contribution in [3.8, 4) is 0 Å². The molecule has 10 aromatic rings. The van der Waals surface area contributed by atoms with E-state index in [0.29, 0.717) is 0 Å². The molecular formula is C87H103Fe2N5O13-. The van der Waals surface area contributed by atoms with Gasteiger partial charge in [-0.25, -0.2) is 9.68 Å². The molecule has 1 spiro atoms. The fourth-order valence-electron chi connectivity index (χ4n) is 13.5. The summed E-state index contributed by atoms with van der Waals surface area (Å²) in [7, 11) is 7.50. The average molecular weight is 1540 g/mol. The molecule has 1 heterocycles. The maximum absolute atomic E-state index is 12.2. The third-order valence-electron chi connectivity index (χ3n) is 17.5. The second-order valence-electron chi connectivity index (χ2n) is 22.6. The Morgan fingerprint density at radius 3 is 0.860 bits per heavy atom. The molecule has 0 amide bonds. The van der Waals surface area contributed by atoms with Crippen LogP contribution in [0.2, 0.25) is 0 Å². The summed E-state index contributed by atoms with van der Waals surface area (Å²) in [5.41, 5.74) is 41.4. The van der Waals surface area contributed by atoms with Gasteiger partial charge in [-0.15, -0.1) is 0 Å². The molecule has 571 valence electrons. The number of benzene rings is 10. The Morgan fingerprint density at radius 2 is 0.617 bits per heavy atom. The number of rotatable bonds is 4. The van der Waals surface area contributed by atoms with Crippen LogP contribution in [-0.2, 0) is 124 Å². The Bertz CT molecular complexity index is 4130. The van der Waals surface area contributed by atoms with Crippen LogP contribution in [0.15, 0.2) is 243 Å². The summed E-state index contributed by atoms with van der Waals surface area (Å²) in [4.78, 5) is 91.0. The summed E-state index contributed by atoms with van der Waals surface area (Å²) in [6.07, 6.45) is 4.57. The van der Waals surface area contributed by atoms with Crippen LogP contribution in [0.1, 0.15) is 164 Å². The van der Waals surface area contributed by atoms with E-state index in [2.05, 4.69) is 82.1 Å². The molecule has 16 rings (SSSR count). The fraction of sp³-hybridized carbons (Fsp3) is 0.218. The second kappa shape index (κ2) is 49.9. The predicted octanol–water partition coefficient (Wildman–Crippen LogP) is 13.2. The van der Waals surface area contributed by atoms with Gasteiger partial charge < -0.3 is 49.0 Å². The van der Waals surface area contributed by atoms with E-state index in [9.17, 15) is 29.2 Å². The standard InChI is InChI=1S/C16H14O3.2C16H14O.C15H10O3.C14H10O.5CH5N.CO2.2CH4.2CH3.2Fe.H2O.O/c1-11(17)16(19-18)14-8-4-2-6-12(14)10-13-7-3-5-9-15(13)16;2*1-11(17)16-14-8-4-2-6-12(14)10-13-7-3-5-9-15(13)16;16-14-15(18-17-14)12-7-3-1-5-10(12)9-11-6-2-4-8-13(11)15;15-14-12-7-3-1-5-10(12)9-11-6-2-4-8-13(11)14;5*1-2;2-1-3;;;;;;;;/h2-9,18H,10H2,1H3;2*2-9,16H,10H2,1H3;1-8H,9H2;1-8H,9H2;5*2H2,1H3;;2*1H4;2*1H3;;;1H2;/q;;;;;;;;;;;;;2*-1;;+1;;. The number of Topliss-reactive ketones (excluding diaryl/α,β-unsaturated/α-hetero) is 3. The Kier molecular flexibility index (Phi) is 46.3. The maximum atomic E-state index is 12.2. The van der Waals surface area contributed by atoms with Crippen LogP contribution in [0.25, 0.3) is 0 Å². The van der Waals surface area contributed by atoms with Gasteiger partial charge in [0.2, 0.25) is 5.60 Å². The van der Waals surface area contributed by atoms with E-state index in [1.165, 1.54) is 86.7 Å². The van der Waals surface area contributed by atoms with Gasteiger partial charge >= 0.3 is 31.9 Å². The third-order valence-corrected chi connectivity index (χ3v) is 17.5. The minimum atomic E-state index is -1.40. The minimum absolute atomic E-state index is 0. The molecule has 107 heavy (non-hydrogen) atoms. The molecule has 1 saturated heterocycles. The van der Waals surface area contributed by atoms with Crippen LogP contribution >= 0.6 is 0 Å². The molecule has 0 unspecified atom stereocenters. The number of ketones is 4. The van der Waals surface area contributed by atoms with Crippen LogP contribution < -0.4 is 28.7 Å². The zero-order valence-electron chi connectivity index (χ0n) is 60.8. The van der Waals surface area contributed by atoms with Gasteiger partial charge in [0.25, 0.3) is 5.60 Å². The number of hydrogen-bond donors (Lipinski definition) is 6. The van der Waals surface area contributed by atoms with Crippen molar-refractivity contribution in [1.29, 1.82) is 0 Å². The van der Waals surface area contributed by atoms with Gasteiger partial charge in [-0.1, -0.05) is 258 Å². The molecule has 13 N–H and O–H groups in total. The topological polar surface area (TPSA) is 346 Å². The van der Waals surface area contributed by atoms with Crippen LogP contribution in [0.3, 0.4) is 0 Å². The molecule has 0 aromatic heterocycles. The predicted molar refractivity (Wildman–Crippen MR) is 416 cm³/mol. The quantitative estimate of drug-likeness (QED) is 0.0412. The molecule has 20 heteroatoms. The van der Waals surface area contributed by atoms with Gasteiger partial charge in [0.05, 0.1) is 11.8 Å². The summed E-state index contributed by atoms with van der Waals surface area (Å²) in [5.74, 6) is -0.0920. The van der Waals surface area contributed by atoms with Crippen LogP contribution in [0.5, 0.6) is 0 Å². The monoisotopic (exact) mass is 1540 g/mol. The summed E-state index contributed by atoms with van der Waals surface area (Å²) < 4.78 is 8.00. The van der Waals surface area contributed by atoms with E-state index in [1.54, 1.807) is 13.8 Å². The molecule has 0 radical (unpaired) electrons. The summed E-state index contributed by atoms with van der Waals surface area (Å²) in [5, 5.41) is 9.48. The van der Waals surface area contributed by atoms with Crippen molar-refractivity contribution in [2.45, 2.75) is 90.8 Å². The van der Waals surface area contributed by atoms with E-state index in [-0.39, 0.29) is 99.3 Å². The molecule has 10 aromatic carbocycles. The SMILES string of the molecule is C.C.CC(=O)C1(OO)c2ccccc2Cc2ccccc21.CC(=O)C1c2ccccc2Cc2ccccc21.CC(=O)C1c2ccccc2Cc2ccccc21.CN.CN.CN.CN.CN.O.O=C1OOC12c1ccccc1Cc1ccccc12.O=C1c2ccccc2Cc2ccccc21.O=C=O.[CH3-].[CH3-].[Fe].[O]=[Fe+]. The molecule has 0 saturated carbocycles. The van der Waals surface area contributed by atoms with E-state index < -0.39 is 11.2 Å². The number of carbonyl (C=O) groups excluding carboxylic acids is 7. The van der Waals surface area contributed by atoms with Crippen molar-refractivity contribution in [2.75, 3.05) is 35.2 Å². The van der Waals surface area contributed by atoms with Crippen molar-refractivity contribution in [3.63, 3.8) is 0 Å². The van der Waals surface area contributed by atoms with Crippen LogP contribution in [-0.4, -0.2) is 81.2 Å². The van der Waals surface area contributed by atoms with Gasteiger partial charge in [-0.05, 0) is 166 Å². The van der Waals surface area contributed by atoms with E-state index in [1.807, 2.05) is 210 Å². The molecule has 5 aliphatic carbocycles. The van der Waals surface area contributed by atoms with Gasteiger partial charge in [-0.2, -0.15) is 14.5 Å². The Morgan fingerprint density at radius 1 is 0.402 bits per heavy atom. The van der Waals surface area contributed by atoms with Crippen molar-refractivity contribution >= 4 is 35.3 Å². The van der Waals surface area contributed by atoms with E-state index in [4.69, 9.17) is 23.2 Å². The molecule has 0 bridgehead atoms. The third kappa shape index (κ3) is 22.0. The first-order chi connectivity index (χ1) is 49.3. The first-order valence-corrected chi connectivity index (χ1v) is 32.9. The van der Waals surface area contributed by atoms with E-state index in [0.717, 1.165) is 98.9 Å². The fourth-order valence-corrected chi connectivity index (χ4v) is 13.5. The molecule has 6 aliphatic rings. The Balaban J connectivity index is 0. The van der Waals surface area contributed by atoms with Crippen molar-refractivity contribution in [1.82, 2.24) is 0 Å². The molecule has 1 fully saturated rings. The number of fused-ring (bicyclic) bond motifs is 12. The van der Waals surface area contributed by atoms with Gasteiger partial charge in [-0.3, -0.25) is 29.3 Å². The Hall–Kier alpha value is -9.79. The van der Waals surface area contributed by atoms with Crippen LogP contribution in [0.4, 0.5) is 0 Å². The molecule has 0 atom stereocenters. The summed E-state index contributed by atoms with van der Waals surface area (Å²) in [6, 6.07) is 79.6. The van der Waals surface area contributed by atoms with E-state index >= 15 is 0 Å².